The molecule has 0 atom stereocenters. The van der Waals surface area contributed by atoms with Crippen molar-refractivity contribution >= 4 is 27.8 Å². The summed E-state index contributed by atoms with van der Waals surface area (Å²) < 4.78 is 33.9. The van der Waals surface area contributed by atoms with Crippen molar-refractivity contribution in [1.29, 1.82) is 0 Å². The van der Waals surface area contributed by atoms with E-state index in [1.807, 2.05) is 74.5 Å². The molecule has 38 heavy (non-hydrogen) atoms. The minimum absolute atomic E-state index is 0.104. The number of ether oxygens (including phenoxy) is 1. The highest BCUT2D eigenvalue weighted by molar-refractivity contribution is 7.92. The maximum atomic E-state index is 13.5. The third-order valence-corrected chi connectivity index (χ3v) is 7.77. The summed E-state index contributed by atoms with van der Waals surface area (Å²) in [7, 11) is -3.99. The van der Waals surface area contributed by atoms with Crippen molar-refractivity contribution in [3.63, 3.8) is 0 Å². The second-order valence-electron chi connectivity index (χ2n) is 8.68. The van der Waals surface area contributed by atoms with Gasteiger partial charge in [0.2, 0.25) is 0 Å². The van der Waals surface area contributed by atoms with Gasteiger partial charge in [-0.15, -0.1) is 0 Å². The number of carbonyl (C=O) groups is 1. The molecule has 4 aromatic carbocycles. The summed E-state index contributed by atoms with van der Waals surface area (Å²) in [4.78, 5) is 12.9. The lowest BCUT2D eigenvalue weighted by atomic mass is 10.1. The first-order valence-corrected chi connectivity index (χ1v) is 13.5. The van der Waals surface area contributed by atoms with Crippen LogP contribution in [0.25, 0.3) is 0 Å². The van der Waals surface area contributed by atoms with Crippen LogP contribution in [0.2, 0.25) is 0 Å². The van der Waals surface area contributed by atoms with Gasteiger partial charge in [-0.3, -0.25) is 9.10 Å². The maximum absolute atomic E-state index is 13.5. The van der Waals surface area contributed by atoms with Gasteiger partial charge in [0.15, 0.2) is 0 Å². The van der Waals surface area contributed by atoms with E-state index in [4.69, 9.17) is 4.74 Å². The van der Waals surface area contributed by atoms with Crippen LogP contribution in [0.15, 0.2) is 113 Å². The van der Waals surface area contributed by atoms with E-state index in [1.165, 1.54) is 18.3 Å². The standard InChI is InChI=1S/C30H29N3O4S/c1-23-10-9-15-29(24(23)2)33(38(35,36)28-13-7-4-8-14-28)21-30(34)32-31-20-25-16-18-27(19-17-25)37-22-26-11-5-3-6-12-26/h3-20H,21-22H2,1-2H3,(H,32,34)/b31-20-. The van der Waals surface area contributed by atoms with Crippen molar-refractivity contribution in [3.05, 3.63) is 125 Å². The minimum atomic E-state index is -3.99. The fourth-order valence-electron chi connectivity index (χ4n) is 3.76. The Morgan fingerprint density at radius 2 is 1.53 bits per heavy atom. The Bertz CT molecular complexity index is 1500. The molecule has 0 aliphatic rings. The lowest BCUT2D eigenvalue weighted by Gasteiger charge is -2.26. The van der Waals surface area contributed by atoms with E-state index in [-0.39, 0.29) is 4.90 Å². The average molecular weight is 528 g/mol. The van der Waals surface area contributed by atoms with Crippen molar-refractivity contribution in [2.24, 2.45) is 5.10 Å². The molecule has 0 saturated carbocycles. The van der Waals surface area contributed by atoms with Gasteiger partial charge < -0.3 is 4.74 Å². The van der Waals surface area contributed by atoms with Gasteiger partial charge in [-0.05, 0) is 78.6 Å². The Kier molecular flexibility index (Phi) is 8.55. The van der Waals surface area contributed by atoms with Crippen LogP contribution in [0.4, 0.5) is 5.69 Å². The molecule has 194 valence electrons. The summed E-state index contributed by atoms with van der Waals surface area (Å²) in [5, 5.41) is 4.02. The number of benzene rings is 4. The maximum Gasteiger partial charge on any atom is 0.264 e. The molecule has 0 aromatic heterocycles. The first-order valence-electron chi connectivity index (χ1n) is 12.1. The van der Waals surface area contributed by atoms with Crippen LogP contribution < -0.4 is 14.5 Å². The lowest BCUT2D eigenvalue weighted by Crippen LogP contribution is -2.40. The molecule has 0 aliphatic heterocycles. The number of sulfonamides is 1. The summed E-state index contributed by atoms with van der Waals surface area (Å²) in [6.45, 7) is 3.77. The number of nitrogens with one attached hydrogen (secondary N) is 1. The lowest BCUT2D eigenvalue weighted by molar-refractivity contribution is -0.119. The fourth-order valence-corrected chi connectivity index (χ4v) is 5.26. The van der Waals surface area contributed by atoms with Gasteiger partial charge in [-0.25, -0.2) is 13.8 Å². The number of aryl methyl sites for hydroxylation is 1. The van der Waals surface area contributed by atoms with Gasteiger partial charge in [0.05, 0.1) is 16.8 Å². The van der Waals surface area contributed by atoms with Gasteiger partial charge in [0, 0.05) is 0 Å². The highest BCUT2D eigenvalue weighted by Gasteiger charge is 2.28. The summed E-state index contributed by atoms with van der Waals surface area (Å²) in [5.74, 6) is 0.148. The number of hydrogen-bond donors (Lipinski definition) is 1. The number of amides is 1. The molecule has 1 amide bonds. The highest BCUT2D eigenvalue weighted by Crippen LogP contribution is 2.28. The van der Waals surface area contributed by atoms with Gasteiger partial charge in [-0.2, -0.15) is 5.10 Å². The molecule has 0 saturated heterocycles. The van der Waals surface area contributed by atoms with Crippen molar-refractivity contribution < 1.29 is 17.9 Å². The third kappa shape index (κ3) is 6.66. The zero-order valence-electron chi connectivity index (χ0n) is 21.2. The molecule has 0 spiro atoms. The second kappa shape index (κ2) is 12.2. The van der Waals surface area contributed by atoms with Crippen LogP contribution in [0.3, 0.4) is 0 Å². The van der Waals surface area contributed by atoms with Crippen LogP contribution in [-0.2, 0) is 21.4 Å². The molecule has 4 aromatic rings. The van der Waals surface area contributed by atoms with Crippen molar-refractivity contribution in [2.45, 2.75) is 25.3 Å². The third-order valence-electron chi connectivity index (χ3n) is 5.99. The largest absolute Gasteiger partial charge is 0.489 e. The monoisotopic (exact) mass is 527 g/mol. The number of nitrogens with zero attached hydrogens (tertiary/aromatic N) is 2. The van der Waals surface area contributed by atoms with E-state index in [0.29, 0.717) is 18.0 Å². The summed E-state index contributed by atoms with van der Waals surface area (Å²) in [6.07, 6.45) is 1.49. The van der Waals surface area contributed by atoms with Gasteiger partial charge >= 0.3 is 0 Å². The van der Waals surface area contributed by atoms with E-state index < -0.39 is 22.5 Å². The van der Waals surface area contributed by atoms with Crippen LogP contribution in [-0.4, -0.2) is 27.1 Å². The van der Waals surface area contributed by atoms with Gasteiger partial charge in [0.1, 0.15) is 18.9 Å². The molecule has 0 aliphatic carbocycles. The molecule has 8 heteroatoms. The van der Waals surface area contributed by atoms with Crippen molar-refractivity contribution in [3.8, 4) is 5.75 Å². The predicted molar refractivity (Wildman–Crippen MR) is 150 cm³/mol. The normalized spacial score (nSPS) is 11.3. The molecule has 0 radical (unpaired) electrons. The van der Waals surface area contributed by atoms with E-state index in [9.17, 15) is 13.2 Å². The molecule has 7 nitrogen and oxygen atoms in total. The Morgan fingerprint density at radius 1 is 0.868 bits per heavy atom. The zero-order chi connectivity index (χ0) is 27.0. The van der Waals surface area contributed by atoms with E-state index >= 15 is 0 Å². The molecular formula is C30H29N3O4S. The molecular weight excluding hydrogens is 498 g/mol. The van der Waals surface area contributed by atoms with Crippen LogP contribution in [0, 0.1) is 13.8 Å². The van der Waals surface area contributed by atoms with Crippen LogP contribution in [0.1, 0.15) is 22.3 Å². The van der Waals surface area contributed by atoms with Crippen LogP contribution in [0.5, 0.6) is 5.75 Å². The number of hydrogen-bond acceptors (Lipinski definition) is 5. The Labute approximate surface area is 223 Å². The zero-order valence-corrected chi connectivity index (χ0v) is 22.1. The number of hydrazone groups is 1. The summed E-state index contributed by atoms with van der Waals surface area (Å²) in [5.41, 5.74) is 6.41. The quantitative estimate of drug-likeness (QED) is 0.226. The van der Waals surface area contributed by atoms with E-state index in [0.717, 1.165) is 26.6 Å². The number of anilines is 1. The van der Waals surface area contributed by atoms with E-state index in [1.54, 1.807) is 30.3 Å². The molecule has 0 heterocycles. The molecule has 1 N–H and O–H groups in total. The fraction of sp³-hybridized carbons (Fsp3) is 0.133. The summed E-state index contributed by atoms with van der Waals surface area (Å²) in [6, 6.07) is 30.6. The second-order valence-corrected chi connectivity index (χ2v) is 10.5. The number of rotatable bonds is 10. The SMILES string of the molecule is Cc1cccc(N(CC(=O)N/N=C\c2ccc(OCc3ccccc3)cc2)S(=O)(=O)c2ccccc2)c1C. The van der Waals surface area contributed by atoms with Gasteiger partial charge in [0.25, 0.3) is 15.9 Å². The Hall–Kier alpha value is -4.43. The molecule has 4 rings (SSSR count). The Morgan fingerprint density at radius 3 is 2.21 bits per heavy atom. The summed E-state index contributed by atoms with van der Waals surface area (Å²) >= 11 is 0. The first-order chi connectivity index (χ1) is 18.3. The minimum Gasteiger partial charge on any atom is -0.489 e. The predicted octanol–water partition coefficient (Wildman–Crippen LogP) is 5.23. The smallest absolute Gasteiger partial charge is 0.264 e. The number of carbonyl (C=O) groups excluding carboxylic acids is 1. The first kappa shape index (κ1) is 26.6. The average Bonchev–Trinajstić information content (AvgIpc) is 2.94. The Balaban J connectivity index is 1.43. The molecule has 0 bridgehead atoms. The van der Waals surface area contributed by atoms with Crippen molar-refractivity contribution in [2.75, 3.05) is 10.8 Å². The van der Waals surface area contributed by atoms with Crippen molar-refractivity contribution in [1.82, 2.24) is 5.43 Å². The highest BCUT2D eigenvalue weighted by atomic mass is 32.2. The van der Waals surface area contributed by atoms with Gasteiger partial charge in [-0.1, -0.05) is 60.7 Å². The molecule has 0 fully saturated rings. The topological polar surface area (TPSA) is 88.1 Å². The van der Waals surface area contributed by atoms with Crippen LogP contribution >= 0.6 is 0 Å². The molecule has 0 unspecified atom stereocenters. The van der Waals surface area contributed by atoms with E-state index in [2.05, 4.69) is 10.5 Å².